The Morgan fingerprint density at radius 2 is 1.95 bits per heavy atom. The van der Waals surface area contributed by atoms with E-state index in [9.17, 15) is 4.79 Å². The Labute approximate surface area is 130 Å². The number of hydrogen-bond donors (Lipinski definition) is 0. The van der Waals surface area contributed by atoms with Gasteiger partial charge in [0.1, 0.15) is 10.7 Å². The first-order valence-corrected chi connectivity index (χ1v) is 6.88. The van der Waals surface area contributed by atoms with E-state index in [-0.39, 0.29) is 0 Å². The summed E-state index contributed by atoms with van der Waals surface area (Å²) in [5, 5.41) is 0.499. The summed E-state index contributed by atoms with van der Waals surface area (Å²) >= 11 is 11.3. The van der Waals surface area contributed by atoms with E-state index in [1.54, 1.807) is 49.6 Å². The van der Waals surface area contributed by atoms with Crippen molar-refractivity contribution < 1.29 is 9.15 Å². The number of hydrogen-bond acceptors (Lipinski definition) is 4. The van der Waals surface area contributed by atoms with Gasteiger partial charge in [0, 0.05) is 16.7 Å². The number of ether oxygens (including phenoxy) is 1. The normalized spacial score (nSPS) is 10.8. The van der Waals surface area contributed by atoms with Gasteiger partial charge in [0.2, 0.25) is 0 Å². The number of aromatic nitrogens is 1. The second-order valence-corrected chi connectivity index (χ2v) is 5.17. The SMILES string of the molecule is COc1ccc(C(=S)n2c(=O)oc3cc(Cl)ccc32)cc1. The van der Waals surface area contributed by atoms with E-state index in [1.807, 2.05) is 0 Å². The molecule has 0 amide bonds. The van der Waals surface area contributed by atoms with Crippen molar-refractivity contribution in [3.05, 3.63) is 63.6 Å². The van der Waals surface area contributed by atoms with Crippen LogP contribution in [0.3, 0.4) is 0 Å². The van der Waals surface area contributed by atoms with E-state index >= 15 is 0 Å². The molecule has 0 spiro atoms. The van der Waals surface area contributed by atoms with Crippen molar-refractivity contribution in [2.75, 3.05) is 7.11 Å². The molecule has 0 bridgehead atoms. The molecule has 6 heteroatoms. The molecule has 0 saturated carbocycles. The van der Waals surface area contributed by atoms with Crippen molar-refractivity contribution in [1.82, 2.24) is 4.57 Å². The molecule has 1 aromatic heterocycles. The van der Waals surface area contributed by atoms with Crippen LogP contribution in [0, 0.1) is 0 Å². The molecule has 0 radical (unpaired) electrons. The van der Waals surface area contributed by atoms with Gasteiger partial charge < -0.3 is 9.15 Å². The van der Waals surface area contributed by atoms with E-state index in [0.29, 0.717) is 21.1 Å². The lowest BCUT2D eigenvalue weighted by Crippen LogP contribution is -2.22. The fraction of sp³-hybridized carbons (Fsp3) is 0.0667. The summed E-state index contributed by atoms with van der Waals surface area (Å²) in [6.45, 7) is 0. The third-order valence-corrected chi connectivity index (χ3v) is 3.74. The van der Waals surface area contributed by atoms with Crippen molar-refractivity contribution in [3.8, 4) is 5.75 Å². The highest BCUT2D eigenvalue weighted by atomic mass is 35.5. The summed E-state index contributed by atoms with van der Waals surface area (Å²) in [4.78, 5) is 12.4. The molecule has 21 heavy (non-hydrogen) atoms. The van der Waals surface area contributed by atoms with Crippen molar-refractivity contribution >= 4 is 39.9 Å². The zero-order valence-corrected chi connectivity index (χ0v) is 12.6. The lowest BCUT2D eigenvalue weighted by atomic mass is 10.2. The Morgan fingerprint density at radius 1 is 1.24 bits per heavy atom. The summed E-state index contributed by atoms with van der Waals surface area (Å²) in [5.41, 5.74) is 1.72. The summed E-state index contributed by atoms with van der Waals surface area (Å²) in [6, 6.07) is 12.1. The summed E-state index contributed by atoms with van der Waals surface area (Å²) in [7, 11) is 1.59. The Balaban J connectivity index is 2.12. The second-order valence-electron chi connectivity index (χ2n) is 4.35. The molecule has 106 valence electrons. The van der Waals surface area contributed by atoms with Crippen LogP contribution >= 0.6 is 23.8 Å². The Bertz CT molecular complexity index is 880. The number of nitrogens with zero attached hydrogens (tertiary/aromatic N) is 1. The average Bonchev–Trinajstić information content (AvgIpc) is 2.81. The van der Waals surface area contributed by atoms with Crippen LogP contribution in [0.25, 0.3) is 11.1 Å². The molecule has 1 heterocycles. The third kappa shape index (κ3) is 2.46. The fourth-order valence-corrected chi connectivity index (χ4v) is 2.52. The van der Waals surface area contributed by atoms with Gasteiger partial charge in [-0.2, -0.15) is 0 Å². The van der Waals surface area contributed by atoms with Crippen LogP contribution in [0.4, 0.5) is 0 Å². The maximum atomic E-state index is 12.0. The number of benzene rings is 2. The standard InChI is InChI=1S/C15H10ClNO3S/c1-19-11-5-2-9(3-6-11)14(21)17-12-7-4-10(16)8-13(12)20-15(17)18/h2-8H,1H3. The first-order chi connectivity index (χ1) is 10.1. The van der Waals surface area contributed by atoms with Crippen molar-refractivity contribution in [1.29, 1.82) is 0 Å². The number of fused-ring (bicyclic) bond motifs is 1. The maximum absolute atomic E-state index is 12.0. The van der Waals surface area contributed by atoms with Gasteiger partial charge in [-0.05, 0) is 36.4 Å². The van der Waals surface area contributed by atoms with Gasteiger partial charge >= 0.3 is 5.76 Å². The number of rotatable bonds is 2. The van der Waals surface area contributed by atoms with E-state index < -0.39 is 5.76 Å². The lowest BCUT2D eigenvalue weighted by molar-refractivity contribution is 0.415. The largest absolute Gasteiger partial charge is 0.497 e. The Hall–Kier alpha value is -2.11. The first-order valence-electron chi connectivity index (χ1n) is 6.10. The number of oxazole rings is 1. The zero-order chi connectivity index (χ0) is 15.0. The highest BCUT2D eigenvalue weighted by molar-refractivity contribution is 7.80. The van der Waals surface area contributed by atoms with Gasteiger partial charge in [0.15, 0.2) is 5.58 Å². The molecule has 0 saturated heterocycles. The quantitative estimate of drug-likeness (QED) is 0.678. The fourth-order valence-electron chi connectivity index (χ4n) is 2.05. The summed E-state index contributed by atoms with van der Waals surface area (Å²) in [5.74, 6) is 0.186. The molecule has 4 nitrogen and oxygen atoms in total. The average molecular weight is 320 g/mol. The molecule has 3 aromatic rings. The van der Waals surface area contributed by atoms with Gasteiger partial charge in [-0.25, -0.2) is 9.36 Å². The van der Waals surface area contributed by atoms with Crippen molar-refractivity contribution in [2.45, 2.75) is 0 Å². The molecule has 0 unspecified atom stereocenters. The van der Waals surface area contributed by atoms with Gasteiger partial charge in [-0.15, -0.1) is 0 Å². The number of thiocarbonyl (C=S) groups is 1. The molecule has 0 N–H and O–H groups in total. The van der Waals surface area contributed by atoms with Crippen LogP contribution < -0.4 is 10.5 Å². The van der Waals surface area contributed by atoms with E-state index in [1.165, 1.54) is 4.57 Å². The number of methoxy groups -OCH3 is 1. The second kappa shape index (κ2) is 5.35. The molecule has 3 rings (SSSR count). The molecule has 0 aliphatic heterocycles. The molecule has 0 aliphatic rings. The minimum atomic E-state index is -0.534. The smallest absolute Gasteiger partial charge is 0.425 e. The predicted octanol–water partition coefficient (Wildman–Crippen LogP) is 3.48. The molecule has 0 atom stereocenters. The van der Waals surface area contributed by atoms with E-state index in [0.717, 1.165) is 11.3 Å². The maximum Gasteiger partial charge on any atom is 0.425 e. The van der Waals surface area contributed by atoms with Crippen LogP contribution in [-0.2, 0) is 0 Å². The van der Waals surface area contributed by atoms with Crippen LogP contribution in [0.15, 0.2) is 51.7 Å². The highest BCUT2D eigenvalue weighted by Crippen LogP contribution is 2.20. The molecule has 0 fully saturated rings. The van der Waals surface area contributed by atoms with Gasteiger partial charge in [0.25, 0.3) is 0 Å². The van der Waals surface area contributed by atoms with Crippen LogP contribution in [0.5, 0.6) is 5.75 Å². The first kappa shape index (κ1) is 13.9. The summed E-state index contributed by atoms with van der Waals surface area (Å²) in [6.07, 6.45) is 0. The molecular weight excluding hydrogens is 310 g/mol. The van der Waals surface area contributed by atoms with Gasteiger partial charge in [-0.3, -0.25) is 0 Å². The third-order valence-electron chi connectivity index (χ3n) is 3.08. The van der Waals surface area contributed by atoms with Crippen LogP contribution in [-0.4, -0.2) is 16.7 Å². The van der Waals surface area contributed by atoms with E-state index in [4.69, 9.17) is 33.0 Å². The van der Waals surface area contributed by atoms with Crippen molar-refractivity contribution in [3.63, 3.8) is 0 Å². The minimum absolute atomic E-state index is 0.365. The van der Waals surface area contributed by atoms with Gasteiger partial charge in [-0.1, -0.05) is 23.8 Å². The van der Waals surface area contributed by atoms with Crippen molar-refractivity contribution in [2.24, 2.45) is 0 Å². The minimum Gasteiger partial charge on any atom is -0.497 e. The Kier molecular flexibility index (Phi) is 3.53. The summed E-state index contributed by atoms with van der Waals surface area (Å²) < 4.78 is 11.6. The number of halogens is 1. The molecule has 2 aromatic carbocycles. The molecule has 0 aliphatic carbocycles. The highest BCUT2D eigenvalue weighted by Gasteiger charge is 2.14. The zero-order valence-electron chi connectivity index (χ0n) is 11.0. The molecular formula is C15H10ClNO3S. The topological polar surface area (TPSA) is 44.4 Å². The van der Waals surface area contributed by atoms with Gasteiger partial charge in [0.05, 0.1) is 12.6 Å². The van der Waals surface area contributed by atoms with Crippen LogP contribution in [0.2, 0.25) is 5.02 Å². The van der Waals surface area contributed by atoms with Crippen LogP contribution in [0.1, 0.15) is 5.56 Å². The van der Waals surface area contributed by atoms with E-state index in [2.05, 4.69) is 0 Å². The Morgan fingerprint density at radius 3 is 2.62 bits per heavy atom. The monoisotopic (exact) mass is 319 g/mol. The lowest BCUT2D eigenvalue weighted by Gasteiger charge is -2.06. The predicted molar refractivity (Wildman–Crippen MR) is 85.6 cm³/mol.